The van der Waals surface area contributed by atoms with Crippen LogP contribution in [0.5, 0.6) is 0 Å². The number of hydrogen-bond donors (Lipinski definition) is 1. The molecule has 104 valence electrons. The fourth-order valence-electron chi connectivity index (χ4n) is 2.83. The van der Waals surface area contributed by atoms with E-state index >= 15 is 0 Å². The molecular weight excluding hydrogens is 230 g/mol. The van der Waals surface area contributed by atoms with Crippen LogP contribution < -0.4 is 0 Å². The minimum absolute atomic E-state index is 0.0568. The number of aliphatic carboxylic acids is 1. The minimum Gasteiger partial charge on any atom is -0.481 e. The Balaban J connectivity index is 2.51. The SMILES string of the molecule is CCC(CC)C(C)C(=O)N1CCC(C(=O)O)CC1. The van der Waals surface area contributed by atoms with Gasteiger partial charge in [0.25, 0.3) is 0 Å². The van der Waals surface area contributed by atoms with E-state index in [0.29, 0.717) is 31.8 Å². The average Bonchev–Trinajstić information content (AvgIpc) is 2.39. The van der Waals surface area contributed by atoms with Gasteiger partial charge in [-0.1, -0.05) is 33.6 Å². The molecule has 1 aliphatic heterocycles. The maximum absolute atomic E-state index is 12.3. The average molecular weight is 255 g/mol. The number of piperidine rings is 1. The molecule has 1 saturated heterocycles. The third-order valence-corrected chi connectivity index (χ3v) is 4.30. The molecule has 0 spiro atoms. The minimum atomic E-state index is -0.727. The monoisotopic (exact) mass is 255 g/mol. The van der Waals surface area contributed by atoms with Crippen LogP contribution in [0.25, 0.3) is 0 Å². The molecule has 1 atom stereocenters. The Kier molecular flexibility index (Phi) is 5.63. The zero-order valence-electron chi connectivity index (χ0n) is 11.7. The molecule has 1 amide bonds. The molecule has 0 saturated carbocycles. The molecule has 0 aromatic heterocycles. The number of carbonyl (C=O) groups excluding carboxylic acids is 1. The number of hydrogen-bond acceptors (Lipinski definition) is 2. The second-order valence-corrected chi connectivity index (χ2v) is 5.30. The van der Waals surface area contributed by atoms with Crippen molar-refractivity contribution < 1.29 is 14.7 Å². The maximum Gasteiger partial charge on any atom is 0.306 e. The molecule has 4 nitrogen and oxygen atoms in total. The standard InChI is InChI=1S/C14H25NO3/c1-4-11(5-2)10(3)13(16)15-8-6-12(7-9-15)14(17)18/h10-12H,4-9H2,1-3H3,(H,17,18). The summed E-state index contributed by atoms with van der Waals surface area (Å²) in [6, 6.07) is 0. The fourth-order valence-corrected chi connectivity index (χ4v) is 2.83. The van der Waals surface area contributed by atoms with Crippen molar-refractivity contribution in [3.05, 3.63) is 0 Å². The molecule has 1 unspecified atom stereocenters. The number of likely N-dealkylation sites (tertiary alicyclic amines) is 1. The molecule has 1 rings (SSSR count). The van der Waals surface area contributed by atoms with Crippen LogP contribution in [-0.2, 0) is 9.59 Å². The van der Waals surface area contributed by atoms with Gasteiger partial charge < -0.3 is 10.0 Å². The summed E-state index contributed by atoms with van der Waals surface area (Å²) in [6.07, 6.45) is 3.23. The first-order valence-corrected chi connectivity index (χ1v) is 7.02. The Morgan fingerprint density at radius 1 is 1.22 bits per heavy atom. The number of carboxylic acid groups (broad SMARTS) is 1. The van der Waals surface area contributed by atoms with Gasteiger partial charge in [0, 0.05) is 19.0 Å². The summed E-state index contributed by atoms with van der Waals surface area (Å²) in [7, 11) is 0. The van der Waals surface area contributed by atoms with Crippen molar-refractivity contribution in [1.29, 1.82) is 0 Å². The van der Waals surface area contributed by atoms with Crippen LogP contribution in [-0.4, -0.2) is 35.0 Å². The second-order valence-electron chi connectivity index (χ2n) is 5.30. The predicted molar refractivity (Wildman–Crippen MR) is 70.2 cm³/mol. The topological polar surface area (TPSA) is 57.6 Å². The van der Waals surface area contributed by atoms with Crippen LogP contribution in [0.2, 0.25) is 0 Å². The van der Waals surface area contributed by atoms with Gasteiger partial charge in [0.05, 0.1) is 5.92 Å². The Morgan fingerprint density at radius 2 is 1.72 bits per heavy atom. The predicted octanol–water partition coefficient (Wildman–Crippen LogP) is 2.38. The molecule has 1 N–H and O–H groups in total. The molecule has 1 aliphatic rings. The Bertz CT molecular complexity index is 291. The summed E-state index contributed by atoms with van der Waals surface area (Å²) in [5, 5.41) is 8.93. The molecule has 1 fully saturated rings. The summed E-state index contributed by atoms with van der Waals surface area (Å²) < 4.78 is 0. The van der Waals surface area contributed by atoms with Crippen molar-refractivity contribution in [2.45, 2.75) is 46.5 Å². The van der Waals surface area contributed by atoms with Crippen molar-refractivity contribution in [2.75, 3.05) is 13.1 Å². The smallest absolute Gasteiger partial charge is 0.306 e. The van der Waals surface area contributed by atoms with Crippen LogP contribution in [0.15, 0.2) is 0 Å². The van der Waals surface area contributed by atoms with Crippen LogP contribution >= 0.6 is 0 Å². The Morgan fingerprint density at radius 3 is 2.11 bits per heavy atom. The van der Waals surface area contributed by atoms with Crippen molar-refractivity contribution >= 4 is 11.9 Å². The van der Waals surface area contributed by atoms with Gasteiger partial charge >= 0.3 is 5.97 Å². The number of nitrogens with zero attached hydrogens (tertiary/aromatic N) is 1. The molecule has 18 heavy (non-hydrogen) atoms. The largest absolute Gasteiger partial charge is 0.481 e. The molecule has 1 heterocycles. The normalized spacial score (nSPS) is 19.0. The van der Waals surface area contributed by atoms with Gasteiger partial charge in [-0.2, -0.15) is 0 Å². The lowest BCUT2D eigenvalue weighted by Crippen LogP contribution is -2.44. The van der Waals surface area contributed by atoms with Gasteiger partial charge in [-0.15, -0.1) is 0 Å². The third kappa shape index (κ3) is 3.47. The highest BCUT2D eigenvalue weighted by atomic mass is 16.4. The van der Waals surface area contributed by atoms with Gasteiger partial charge in [-0.3, -0.25) is 9.59 Å². The first-order chi connectivity index (χ1) is 8.51. The van der Waals surface area contributed by atoms with Gasteiger partial charge in [0.1, 0.15) is 0 Å². The molecule has 0 aliphatic carbocycles. The van der Waals surface area contributed by atoms with E-state index in [-0.39, 0.29) is 17.7 Å². The summed E-state index contributed by atoms with van der Waals surface area (Å²) in [5.41, 5.74) is 0. The fraction of sp³-hybridized carbons (Fsp3) is 0.857. The van der Waals surface area contributed by atoms with E-state index < -0.39 is 5.97 Å². The lowest BCUT2D eigenvalue weighted by molar-refractivity contribution is -0.147. The molecule has 0 bridgehead atoms. The molecule has 0 aromatic rings. The van der Waals surface area contributed by atoms with E-state index in [4.69, 9.17) is 5.11 Å². The van der Waals surface area contributed by atoms with E-state index in [9.17, 15) is 9.59 Å². The van der Waals surface area contributed by atoms with Crippen LogP contribution in [0.4, 0.5) is 0 Å². The first kappa shape index (κ1) is 15.0. The van der Waals surface area contributed by atoms with Crippen molar-refractivity contribution in [2.24, 2.45) is 17.8 Å². The van der Waals surface area contributed by atoms with Gasteiger partial charge in [0.2, 0.25) is 5.91 Å². The van der Waals surface area contributed by atoms with Crippen LogP contribution in [0, 0.1) is 17.8 Å². The lowest BCUT2D eigenvalue weighted by Gasteiger charge is -2.33. The highest BCUT2D eigenvalue weighted by Gasteiger charge is 2.31. The van der Waals surface area contributed by atoms with Crippen LogP contribution in [0.1, 0.15) is 46.5 Å². The summed E-state index contributed by atoms with van der Waals surface area (Å²) in [5.74, 6) is -0.295. The summed E-state index contributed by atoms with van der Waals surface area (Å²) >= 11 is 0. The number of carbonyl (C=O) groups is 2. The Hall–Kier alpha value is -1.06. The zero-order chi connectivity index (χ0) is 13.7. The van der Waals surface area contributed by atoms with Gasteiger partial charge in [0.15, 0.2) is 0 Å². The number of rotatable bonds is 5. The third-order valence-electron chi connectivity index (χ3n) is 4.30. The maximum atomic E-state index is 12.3. The van der Waals surface area contributed by atoms with E-state index in [1.807, 2.05) is 11.8 Å². The molecule has 0 radical (unpaired) electrons. The molecule has 0 aromatic carbocycles. The highest BCUT2D eigenvalue weighted by Crippen LogP contribution is 2.24. The zero-order valence-corrected chi connectivity index (χ0v) is 11.7. The van der Waals surface area contributed by atoms with Crippen molar-refractivity contribution in [1.82, 2.24) is 4.90 Å². The van der Waals surface area contributed by atoms with E-state index in [0.717, 1.165) is 12.8 Å². The summed E-state index contributed by atoms with van der Waals surface area (Å²) in [6.45, 7) is 7.44. The van der Waals surface area contributed by atoms with E-state index in [2.05, 4.69) is 13.8 Å². The summed E-state index contributed by atoms with van der Waals surface area (Å²) in [4.78, 5) is 25.0. The quantitative estimate of drug-likeness (QED) is 0.820. The second kappa shape index (κ2) is 6.76. The Labute approximate surface area is 109 Å². The molecule has 4 heteroatoms. The molecular formula is C14H25NO3. The highest BCUT2D eigenvalue weighted by molar-refractivity contribution is 5.79. The number of amides is 1. The van der Waals surface area contributed by atoms with Crippen LogP contribution in [0.3, 0.4) is 0 Å². The van der Waals surface area contributed by atoms with Crippen molar-refractivity contribution in [3.63, 3.8) is 0 Å². The van der Waals surface area contributed by atoms with Gasteiger partial charge in [-0.05, 0) is 18.8 Å². The number of carboxylic acids is 1. The van der Waals surface area contributed by atoms with Gasteiger partial charge in [-0.25, -0.2) is 0 Å². The first-order valence-electron chi connectivity index (χ1n) is 7.02. The van der Waals surface area contributed by atoms with Crippen molar-refractivity contribution in [3.8, 4) is 0 Å². The van der Waals surface area contributed by atoms with E-state index in [1.54, 1.807) is 0 Å². The lowest BCUT2D eigenvalue weighted by atomic mass is 9.87. The van der Waals surface area contributed by atoms with E-state index in [1.165, 1.54) is 0 Å².